The lowest BCUT2D eigenvalue weighted by molar-refractivity contribution is -0.207. The molecule has 18 nitrogen and oxygen atoms in total. The van der Waals surface area contributed by atoms with E-state index in [0.717, 1.165) is 48.5 Å². The number of ether oxygens (including phenoxy) is 8. The van der Waals surface area contributed by atoms with Crippen LogP contribution in [-0.2, 0) is 66.7 Å². The van der Waals surface area contributed by atoms with Gasteiger partial charge in [0.25, 0.3) is 5.91 Å². The van der Waals surface area contributed by atoms with E-state index in [1.165, 1.54) is 11.9 Å². The van der Waals surface area contributed by atoms with Crippen LogP contribution in [0.4, 0.5) is 4.79 Å². The molecular weight excluding hydrogens is 963 g/mol. The Hall–Kier alpha value is -3.81. The van der Waals surface area contributed by atoms with Crippen molar-refractivity contribution in [2.45, 2.75) is 231 Å². The maximum absolute atomic E-state index is 12.3. The summed E-state index contributed by atoms with van der Waals surface area (Å²) in [6.07, 6.45) is 3.75. The number of cyclic esters (lactones) is 1. The summed E-state index contributed by atoms with van der Waals surface area (Å²) in [6, 6.07) is -1.18. The van der Waals surface area contributed by atoms with Crippen molar-refractivity contribution in [1.82, 2.24) is 9.80 Å². The van der Waals surface area contributed by atoms with Crippen LogP contribution in [0.1, 0.15) is 183 Å². The van der Waals surface area contributed by atoms with E-state index in [-0.39, 0.29) is 53.4 Å². The molecule has 8 unspecified atom stereocenters. The Morgan fingerprint density at radius 1 is 0.726 bits per heavy atom. The van der Waals surface area contributed by atoms with Gasteiger partial charge in [-0.25, -0.2) is 14.6 Å². The first-order valence-electron chi connectivity index (χ1n) is 25.9. The lowest BCUT2D eigenvalue weighted by atomic mass is 9.68. The van der Waals surface area contributed by atoms with Crippen molar-refractivity contribution in [2.24, 2.45) is 32.6 Å². The average molecular weight is 1060 g/mol. The number of imide groups is 1. The molecule has 0 aromatic heterocycles. The van der Waals surface area contributed by atoms with Crippen LogP contribution >= 0.6 is 11.8 Å². The minimum Gasteiger partial charge on any atom is -0.462 e. The first-order valence-corrected chi connectivity index (χ1v) is 27.0. The van der Waals surface area contributed by atoms with Crippen LogP contribution in [-0.4, -0.2) is 144 Å². The standard InChI is InChI=1S/C18H34O4.C14H24N2O4.C12H19NO4.C10H18O3S/c1-9-16(3,4)15(19)22-13(2)14-10-11-17(5,20-7)18(6,12-14)21-8;1-8-13(3,4)11(18)20-9(2)16-12(19)15(7)10(17)14(16,5)6;1-6-12(4,5)11(15)16-7(2)9-10(14)17-8(3)13-9;1-4-10(2,3)9(11)13-8-7-14-6-5-12-8/h13-14H,9-12H2,1-8H3;9H,8H2,1-7H3;7,9H,6H2,1-5H3;8H,4-7H2,1-3H3. The van der Waals surface area contributed by atoms with E-state index in [1.807, 2.05) is 76.2 Å². The number of esters is 5. The molecule has 73 heavy (non-hydrogen) atoms. The SMILES string of the molecule is CCC(C)(C)C(=O)OC(C)C1CCC(C)(OC)C(C)(OC)C1.CCC(C)(C)C(=O)OC(C)C1N=C(C)OC1=O.CCC(C)(C)C(=O)OC(C)N1C(=O)N(C)C(=O)C1(C)C.CCC(C)(C)C(=O)OC1CSCCO1. The summed E-state index contributed by atoms with van der Waals surface area (Å²) >= 11 is 1.76. The Bertz CT molecular complexity index is 1930. The lowest BCUT2D eigenvalue weighted by Gasteiger charge is -2.51. The number of rotatable bonds is 17. The molecule has 19 heteroatoms. The summed E-state index contributed by atoms with van der Waals surface area (Å²) in [7, 11) is 4.90. The first kappa shape index (κ1) is 67.2. The van der Waals surface area contributed by atoms with Gasteiger partial charge in [-0.1, -0.05) is 27.7 Å². The third kappa shape index (κ3) is 17.6. The summed E-state index contributed by atoms with van der Waals surface area (Å²) in [5.74, 6) is 0.628. The predicted octanol–water partition coefficient (Wildman–Crippen LogP) is 9.70. The predicted molar refractivity (Wildman–Crippen MR) is 281 cm³/mol. The van der Waals surface area contributed by atoms with Crippen molar-refractivity contribution in [1.29, 1.82) is 0 Å². The van der Waals surface area contributed by atoms with E-state index in [2.05, 4.69) is 18.8 Å². The largest absolute Gasteiger partial charge is 0.462 e. The smallest absolute Gasteiger partial charge is 0.341 e. The average Bonchev–Trinajstić information content (AvgIpc) is 3.76. The minimum absolute atomic E-state index is 0.103. The van der Waals surface area contributed by atoms with E-state index >= 15 is 0 Å². The fourth-order valence-corrected chi connectivity index (χ4v) is 8.26. The normalized spacial score (nSPS) is 25.4. The molecule has 2 saturated heterocycles. The molecule has 1 aliphatic carbocycles. The highest BCUT2D eigenvalue weighted by Crippen LogP contribution is 2.46. The lowest BCUT2D eigenvalue weighted by Crippen LogP contribution is -2.57. The van der Waals surface area contributed by atoms with Crippen molar-refractivity contribution in [3.8, 4) is 0 Å². The summed E-state index contributed by atoms with van der Waals surface area (Å²) in [5.41, 5.74) is -3.66. The number of nitrogens with zero attached hydrogens (tertiary/aromatic N) is 3. The van der Waals surface area contributed by atoms with Gasteiger partial charge in [0.15, 0.2) is 18.2 Å². The van der Waals surface area contributed by atoms with Gasteiger partial charge in [0, 0.05) is 33.9 Å². The third-order valence-corrected chi connectivity index (χ3v) is 16.5. The maximum atomic E-state index is 12.3. The highest BCUT2D eigenvalue weighted by Gasteiger charge is 2.53. The summed E-state index contributed by atoms with van der Waals surface area (Å²) in [6.45, 7) is 37.7. The van der Waals surface area contributed by atoms with Gasteiger partial charge in [0.1, 0.15) is 17.7 Å². The molecule has 3 aliphatic heterocycles. The van der Waals surface area contributed by atoms with E-state index in [1.54, 1.807) is 74.4 Å². The van der Waals surface area contributed by atoms with Gasteiger partial charge in [-0.05, 0) is 155 Å². The summed E-state index contributed by atoms with van der Waals surface area (Å²) in [4.78, 5) is 89.7. The molecule has 3 heterocycles. The zero-order valence-corrected chi connectivity index (χ0v) is 49.7. The number of carbonyl (C=O) groups is 7. The molecule has 0 N–H and O–H groups in total. The van der Waals surface area contributed by atoms with Gasteiger partial charge in [0.2, 0.25) is 6.29 Å². The summed E-state index contributed by atoms with van der Waals surface area (Å²) in [5, 5.41) is 0. The molecule has 422 valence electrons. The molecule has 0 aromatic carbocycles. The topological polar surface area (TPSA) is 212 Å². The number of amides is 3. The molecule has 0 spiro atoms. The monoisotopic (exact) mass is 1060 g/mol. The highest BCUT2D eigenvalue weighted by molar-refractivity contribution is 7.99. The maximum Gasteiger partial charge on any atom is 0.341 e. The molecule has 0 bridgehead atoms. The number of hydrogen-bond donors (Lipinski definition) is 0. The molecule has 0 radical (unpaired) electrons. The van der Waals surface area contributed by atoms with E-state index in [0.29, 0.717) is 31.3 Å². The van der Waals surface area contributed by atoms with Gasteiger partial charge < -0.3 is 37.9 Å². The molecule has 3 fully saturated rings. The number of likely N-dealkylation sites (N-methyl/N-ethyl adjacent to an activating group) is 1. The Kier molecular flexibility index (Phi) is 25.1. The van der Waals surface area contributed by atoms with E-state index in [9.17, 15) is 33.6 Å². The Labute approximate surface area is 442 Å². The van der Waals surface area contributed by atoms with Crippen molar-refractivity contribution in [3.05, 3.63) is 0 Å². The number of thioether (sulfide) groups is 1. The van der Waals surface area contributed by atoms with Crippen molar-refractivity contribution in [2.75, 3.05) is 39.4 Å². The quantitative estimate of drug-likeness (QED) is 0.0753. The highest BCUT2D eigenvalue weighted by atomic mass is 32.2. The van der Waals surface area contributed by atoms with Crippen LogP contribution in [0.5, 0.6) is 0 Å². The van der Waals surface area contributed by atoms with Crippen molar-refractivity contribution in [3.63, 3.8) is 0 Å². The van der Waals surface area contributed by atoms with E-state index in [4.69, 9.17) is 37.9 Å². The second kappa shape index (κ2) is 27.3. The minimum atomic E-state index is -1.01. The number of carbonyl (C=O) groups excluding carboxylic acids is 7. The molecule has 1 saturated carbocycles. The molecule has 0 aromatic rings. The number of aliphatic imine (C=N–C) groups is 1. The second-order valence-corrected chi connectivity index (χ2v) is 24.1. The zero-order chi connectivity index (χ0) is 56.9. The van der Waals surface area contributed by atoms with Gasteiger partial charge >= 0.3 is 35.9 Å². The van der Waals surface area contributed by atoms with Crippen LogP contribution in [0, 0.1) is 27.6 Å². The Morgan fingerprint density at radius 3 is 1.56 bits per heavy atom. The molecule has 4 rings (SSSR count). The fourth-order valence-electron chi connectivity index (χ4n) is 7.52. The van der Waals surface area contributed by atoms with Crippen LogP contribution in [0.25, 0.3) is 0 Å². The van der Waals surface area contributed by atoms with Gasteiger partial charge in [0.05, 0.1) is 45.2 Å². The van der Waals surface area contributed by atoms with E-state index < -0.39 is 57.6 Å². The molecule has 8 atom stereocenters. The molecule has 3 amide bonds. The zero-order valence-electron chi connectivity index (χ0n) is 48.9. The van der Waals surface area contributed by atoms with Crippen LogP contribution in [0.15, 0.2) is 4.99 Å². The van der Waals surface area contributed by atoms with Crippen LogP contribution in [0.3, 0.4) is 0 Å². The first-order chi connectivity index (χ1) is 33.3. The van der Waals surface area contributed by atoms with Crippen LogP contribution in [0.2, 0.25) is 0 Å². The molecular formula is C54H95N3O15S. The number of urea groups is 1. The summed E-state index contributed by atoms with van der Waals surface area (Å²) < 4.78 is 43.3. The van der Waals surface area contributed by atoms with Crippen LogP contribution < -0.4 is 0 Å². The third-order valence-electron chi connectivity index (χ3n) is 15.5. The Balaban J connectivity index is 0.000000493. The molecule has 4 aliphatic rings. The van der Waals surface area contributed by atoms with Crippen molar-refractivity contribution < 1.29 is 71.5 Å². The fraction of sp³-hybridized carbons (Fsp3) is 0.852. The Morgan fingerprint density at radius 2 is 1.18 bits per heavy atom. The van der Waals surface area contributed by atoms with Gasteiger partial charge in [-0.2, -0.15) is 11.8 Å². The van der Waals surface area contributed by atoms with Gasteiger partial charge in [-0.3, -0.25) is 33.8 Å². The van der Waals surface area contributed by atoms with Crippen molar-refractivity contribution >= 4 is 59.4 Å². The number of methoxy groups -OCH3 is 2. The number of hydrogen-bond acceptors (Lipinski definition) is 17. The van der Waals surface area contributed by atoms with Gasteiger partial charge in [-0.15, -0.1) is 0 Å². The second-order valence-electron chi connectivity index (χ2n) is 22.9.